The molecule has 4 heteroatoms. The van der Waals surface area contributed by atoms with Crippen LogP contribution in [0.2, 0.25) is 0 Å². The molecule has 3 N–H and O–H groups in total. The Kier molecular flexibility index (Phi) is 4.50. The predicted octanol–water partition coefficient (Wildman–Crippen LogP) is 2.36. The lowest BCUT2D eigenvalue weighted by Gasteiger charge is -2.06. The first-order chi connectivity index (χ1) is 9.65. The molecule has 0 saturated carbocycles. The van der Waals surface area contributed by atoms with E-state index in [1.807, 2.05) is 42.5 Å². The van der Waals surface area contributed by atoms with E-state index < -0.39 is 0 Å². The topological polar surface area (TPSA) is 72.2 Å². The summed E-state index contributed by atoms with van der Waals surface area (Å²) in [5.41, 5.74) is 7.46. The second-order valence-electron chi connectivity index (χ2n) is 4.48. The zero-order valence-electron chi connectivity index (χ0n) is 11.0. The first-order valence-corrected chi connectivity index (χ1v) is 6.39. The maximum absolute atomic E-state index is 11.9. The molecule has 0 heterocycles. The summed E-state index contributed by atoms with van der Waals surface area (Å²) in [5.74, 6) is -0.457. The van der Waals surface area contributed by atoms with Gasteiger partial charge in [-0.3, -0.25) is 9.59 Å². The van der Waals surface area contributed by atoms with Crippen molar-refractivity contribution in [2.45, 2.75) is 12.8 Å². The van der Waals surface area contributed by atoms with Gasteiger partial charge >= 0.3 is 0 Å². The Morgan fingerprint density at radius 3 is 2.20 bits per heavy atom. The lowest BCUT2D eigenvalue weighted by molar-refractivity contribution is -0.117. The Morgan fingerprint density at radius 2 is 1.60 bits per heavy atom. The van der Waals surface area contributed by atoms with Gasteiger partial charge in [0.15, 0.2) is 0 Å². The molecule has 2 rings (SSSR count). The van der Waals surface area contributed by atoms with Gasteiger partial charge in [0.2, 0.25) is 5.91 Å². The summed E-state index contributed by atoms with van der Waals surface area (Å²) in [4.78, 5) is 22.6. The zero-order valence-corrected chi connectivity index (χ0v) is 11.0. The standard InChI is InChI=1S/C16H16N2O2/c17-15(19)11-8-12-6-9-14(10-7-12)18-16(20)13-4-2-1-3-5-13/h1-7,9-10H,8,11H2,(H2,17,19)(H,18,20). The third-order valence-corrected chi connectivity index (χ3v) is 2.91. The summed E-state index contributed by atoms with van der Waals surface area (Å²) in [6.45, 7) is 0. The minimum atomic E-state index is -0.313. The molecule has 0 saturated heterocycles. The van der Waals surface area contributed by atoms with Crippen molar-refractivity contribution in [3.8, 4) is 0 Å². The molecule has 0 aromatic heterocycles. The van der Waals surface area contributed by atoms with E-state index in [0.29, 0.717) is 18.4 Å². The van der Waals surface area contributed by atoms with E-state index in [9.17, 15) is 9.59 Å². The van der Waals surface area contributed by atoms with Gasteiger partial charge in [-0.2, -0.15) is 0 Å². The van der Waals surface area contributed by atoms with Crippen molar-refractivity contribution in [2.24, 2.45) is 5.73 Å². The Hall–Kier alpha value is -2.62. The fourth-order valence-electron chi connectivity index (χ4n) is 1.82. The van der Waals surface area contributed by atoms with Gasteiger partial charge in [0.25, 0.3) is 5.91 Å². The summed E-state index contributed by atoms with van der Waals surface area (Å²) in [5, 5.41) is 2.82. The van der Waals surface area contributed by atoms with Crippen molar-refractivity contribution in [1.29, 1.82) is 0 Å². The molecule has 0 unspecified atom stereocenters. The highest BCUT2D eigenvalue weighted by Gasteiger charge is 2.05. The van der Waals surface area contributed by atoms with Gasteiger partial charge < -0.3 is 11.1 Å². The Balaban J connectivity index is 1.97. The van der Waals surface area contributed by atoms with Crippen LogP contribution in [0, 0.1) is 0 Å². The fourth-order valence-corrected chi connectivity index (χ4v) is 1.82. The van der Waals surface area contributed by atoms with E-state index >= 15 is 0 Å². The number of hydrogen-bond acceptors (Lipinski definition) is 2. The monoisotopic (exact) mass is 268 g/mol. The van der Waals surface area contributed by atoms with E-state index in [4.69, 9.17) is 5.73 Å². The number of carbonyl (C=O) groups is 2. The van der Waals surface area contributed by atoms with Crippen molar-refractivity contribution >= 4 is 17.5 Å². The second kappa shape index (κ2) is 6.52. The number of nitrogens with one attached hydrogen (secondary N) is 1. The molecule has 2 aromatic carbocycles. The summed E-state index contributed by atoms with van der Waals surface area (Å²) >= 11 is 0. The van der Waals surface area contributed by atoms with Crippen molar-refractivity contribution in [2.75, 3.05) is 5.32 Å². The Bertz CT molecular complexity index is 592. The van der Waals surface area contributed by atoms with Crippen molar-refractivity contribution in [3.63, 3.8) is 0 Å². The van der Waals surface area contributed by atoms with E-state index in [1.165, 1.54) is 0 Å². The van der Waals surface area contributed by atoms with E-state index in [2.05, 4.69) is 5.32 Å². The zero-order chi connectivity index (χ0) is 14.4. The minimum absolute atomic E-state index is 0.143. The highest BCUT2D eigenvalue weighted by molar-refractivity contribution is 6.04. The van der Waals surface area contributed by atoms with Crippen LogP contribution in [-0.2, 0) is 11.2 Å². The average molecular weight is 268 g/mol. The van der Waals surface area contributed by atoms with Gasteiger partial charge in [0.05, 0.1) is 0 Å². The third kappa shape index (κ3) is 3.95. The smallest absolute Gasteiger partial charge is 0.255 e. The highest BCUT2D eigenvalue weighted by atomic mass is 16.2. The number of hydrogen-bond donors (Lipinski definition) is 2. The van der Waals surface area contributed by atoms with Gasteiger partial charge in [-0.1, -0.05) is 30.3 Å². The molecule has 0 radical (unpaired) electrons. The number of nitrogens with two attached hydrogens (primary N) is 1. The lowest BCUT2D eigenvalue weighted by atomic mass is 10.1. The Morgan fingerprint density at radius 1 is 0.950 bits per heavy atom. The molecule has 0 fully saturated rings. The molecule has 0 aliphatic heterocycles. The molecular formula is C16H16N2O2. The maximum atomic E-state index is 11.9. The quantitative estimate of drug-likeness (QED) is 0.873. The maximum Gasteiger partial charge on any atom is 0.255 e. The number of aryl methyl sites for hydroxylation is 1. The summed E-state index contributed by atoms with van der Waals surface area (Å²) in [6.07, 6.45) is 0.942. The van der Waals surface area contributed by atoms with E-state index in [0.717, 1.165) is 11.3 Å². The summed E-state index contributed by atoms with van der Waals surface area (Å²) in [6, 6.07) is 16.4. The van der Waals surface area contributed by atoms with Gasteiger partial charge in [-0.25, -0.2) is 0 Å². The van der Waals surface area contributed by atoms with Crippen LogP contribution in [0.5, 0.6) is 0 Å². The molecule has 0 aliphatic rings. The molecule has 2 aromatic rings. The fraction of sp³-hybridized carbons (Fsp3) is 0.125. The van der Waals surface area contributed by atoms with E-state index in [-0.39, 0.29) is 11.8 Å². The second-order valence-corrected chi connectivity index (χ2v) is 4.48. The van der Waals surface area contributed by atoms with Crippen LogP contribution < -0.4 is 11.1 Å². The van der Waals surface area contributed by atoms with Gasteiger partial charge in [-0.05, 0) is 36.2 Å². The molecule has 20 heavy (non-hydrogen) atoms. The van der Waals surface area contributed by atoms with Crippen molar-refractivity contribution in [1.82, 2.24) is 0 Å². The van der Waals surface area contributed by atoms with Crippen molar-refractivity contribution < 1.29 is 9.59 Å². The number of amides is 2. The normalized spacial score (nSPS) is 10.0. The van der Waals surface area contributed by atoms with Crippen LogP contribution >= 0.6 is 0 Å². The molecule has 2 amide bonds. The lowest BCUT2D eigenvalue weighted by Crippen LogP contribution is -2.12. The van der Waals surface area contributed by atoms with Crippen molar-refractivity contribution in [3.05, 3.63) is 65.7 Å². The predicted molar refractivity (Wildman–Crippen MR) is 78.4 cm³/mol. The van der Waals surface area contributed by atoms with Gasteiger partial charge in [-0.15, -0.1) is 0 Å². The largest absolute Gasteiger partial charge is 0.370 e. The van der Waals surface area contributed by atoms with Crippen LogP contribution in [0.25, 0.3) is 0 Å². The first-order valence-electron chi connectivity index (χ1n) is 6.39. The number of carbonyl (C=O) groups excluding carboxylic acids is 2. The molecule has 0 atom stereocenters. The number of primary amides is 1. The van der Waals surface area contributed by atoms with E-state index in [1.54, 1.807) is 12.1 Å². The molecule has 0 spiro atoms. The van der Waals surface area contributed by atoms with Crippen LogP contribution in [-0.4, -0.2) is 11.8 Å². The van der Waals surface area contributed by atoms with Crippen LogP contribution in [0.15, 0.2) is 54.6 Å². The first kappa shape index (κ1) is 13.8. The number of rotatable bonds is 5. The molecule has 102 valence electrons. The number of anilines is 1. The molecule has 4 nitrogen and oxygen atoms in total. The Labute approximate surface area is 117 Å². The van der Waals surface area contributed by atoms with Crippen LogP contribution in [0.4, 0.5) is 5.69 Å². The minimum Gasteiger partial charge on any atom is -0.370 e. The number of benzene rings is 2. The average Bonchev–Trinajstić information content (AvgIpc) is 2.47. The third-order valence-electron chi connectivity index (χ3n) is 2.91. The van der Waals surface area contributed by atoms with Gasteiger partial charge in [0.1, 0.15) is 0 Å². The molecule has 0 bridgehead atoms. The van der Waals surface area contributed by atoms with Gasteiger partial charge in [0, 0.05) is 17.7 Å². The van der Waals surface area contributed by atoms with Crippen LogP contribution in [0.1, 0.15) is 22.3 Å². The highest BCUT2D eigenvalue weighted by Crippen LogP contribution is 2.12. The summed E-state index contributed by atoms with van der Waals surface area (Å²) < 4.78 is 0. The van der Waals surface area contributed by atoms with Crippen LogP contribution in [0.3, 0.4) is 0 Å². The molecule has 0 aliphatic carbocycles. The summed E-state index contributed by atoms with van der Waals surface area (Å²) in [7, 11) is 0. The SMILES string of the molecule is NC(=O)CCc1ccc(NC(=O)c2ccccc2)cc1. The molecular weight excluding hydrogens is 252 g/mol.